The van der Waals surface area contributed by atoms with Crippen LogP contribution in [0.15, 0.2) is 36.0 Å². The van der Waals surface area contributed by atoms with E-state index in [0.717, 1.165) is 38.4 Å². The van der Waals surface area contributed by atoms with E-state index < -0.39 is 0 Å². The number of carbonyl (C=O) groups excluding carboxylic acids is 2. The number of carbonyl (C=O) groups is 2. The molecule has 0 saturated carbocycles. The smallest absolute Gasteiger partial charge is 0.142 e. The minimum Gasteiger partial charge on any atom is -0.303 e. The molecule has 0 aromatic carbocycles. The highest BCUT2D eigenvalue weighted by atomic mass is 16.1. The second kappa shape index (κ2) is 8.76. The molecule has 3 unspecified atom stereocenters. The van der Waals surface area contributed by atoms with E-state index in [9.17, 15) is 9.59 Å². The van der Waals surface area contributed by atoms with Crippen LogP contribution in [0.4, 0.5) is 0 Å². The largest absolute Gasteiger partial charge is 0.303 e. The molecule has 2 nitrogen and oxygen atoms in total. The molecule has 1 rings (SSSR count). The lowest BCUT2D eigenvalue weighted by molar-refractivity contribution is -0.122. The Labute approximate surface area is 129 Å². The van der Waals surface area contributed by atoms with Crippen LogP contribution in [0.3, 0.4) is 0 Å². The minimum absolute atomic E-state index is 0.207. The quantitative estimate of drug-likeness (QED) is 0.281. The molecule has 0 saturated heterocycles. The van der Waals surface area contributed by atoms with Gasteiger partial charge in [0.2, 0.25) is 0 Å². The molecule has 0 N–H and O–H groups in total. The lowest BCUT2D eigenvalue weighted by Crippen LogP contribution is -2.39. The van der Waals surface area contributed by atoms with Crippen molar-refractivity contribution in [1.82, 2.24) is 0 Å². The number of aldehydes is 2. The fraction of sp³-hybridized carbons (Fsp3) is 0.579. The summed E-state index contributed by atoms with van der Waals surface area (Å²) in [4.78, 5) is 21.9. The summed E-state index contributed by atoms with van der Waals surface area (Å²) in [6.07, 6.45) is 16.7. The van der Waals surface area contributed by atoms with E-state index in [0.29, 0.717) is 11.8 Å². The highest BCUT2D eigenvalue weighted by molar-refractivity contribution is 5.64. The van der Waals surface area contributed by atoms with Gasteiger partial charge in [-0.1, -0.05) is 43.7 Å². The number of hydrogen-bond acceptors (Lipinski definition) is 2. The molecule has 21 heavy (non-hydrogen) atoms. The van der Waals surface area contributed by atoms with Crippen LogP contribution in [0.1, 0.15) is 52.9 Å². The normalized spacial score (nSPS) is 29.8. The summed E-state index contributed by atoms with van der Waals surface area (Å²) in [5.74, 6) is 0.738. The van der Waals surface area contributed by atoms with Gasteiger partial charge in [-0.2, -0.15) is 0 Å². The van der Waals surface area contributed by atoms with Gasteiger partial charge in [0.25, 0.3) is 0 Å². The lowest BCUT2D eigenvalue weighted by atomic mass is 9.61. The molecule has 0 heterocycles. The fourth-order valence-corrected chi connectivity index (χ4v) is 3.44. The second-order valence-electron chi connectivity index (χ2n) is 6.29. The van der Waals surface area contributed by atoms with E-state index in [-0.39, 0.29) is 5.41 Å². The van der Waals surface area contributed by atoms with Crippen LogP contribution in [0.5, 0.6) is 0 Å². The number of allylic oxidation sites excluding steroid dienone is 6. The summed E-state index contributed by atoms with van der Waals surface area (Å²) >= 11 is 0. The minimum atomic E-state index is -0.207. The van der Waals surface area contributed by atoms with Crippen molar-refractivity contribution in [3.8, 4) is 0 Å². The van der Waals surface area contributed by atoms with E-state index in [1.807, 2.05) is 6.08 Å². The molecule has 1 aliphatic rings. The topological polar surface area (TPSA) is 34.1 Å². The van der Waals surface area contributed by atoms with Gasteiger partial charge >= 0.3 is 0 Å². The molecule has 116 valence electrons. The van der Waals surface area contributed by atoms with Crippen LogP contribution in [0.2, 0.25) is 0 Å². The first-order chi connectivity index (χ1) is 10.1. The van der Waals surface area contributed by atoms with Gasteiger partial charge in [-0.3, -0.25) is 4.79 Å². The predicted octanol–water partition coefficient (Wildman–Crippen LogP) is 4.67. The standard InChI is InChI=1S/C19H28O2/c1-16-13-17(2)19(15-21,18(3)14-16)11-9-7-5-4-6-8-10-12-20/h5,7-8,10,12-13,15,17-18H,4,6,9,11,14H2,1-3H3. The molecule has 0 aliphatic heterocycles. The molecule has 1 aliphatic carbocycles. The van der Waals surface area contributed by atoms with Crippen LogP contribution < -0.4 is 0 Å². The summed E-state index contributed by atoms with van der Waals surface area (Å²) < 4.78 is 0. The average molecular weight is 288 g/mol. The molecule has 0 fully saturated rings. The van der Waals surface area contributed by atoms with E-state index >= 15 is 0 Å². The van der Waals surface area contributed by atoms with E-state index in [4.69, 9.17) is 0 Å². The summed E-state index contributed by atoms with van der Waals surface area (Å²) in [6.45, 7) is 6.53. The molecule has 3 atom stereocenters. The SMILES string of the molecule is CC1=CC(C)C(C=O)(CCC=CCCC=CC=O)C(C)C1. The van der Waals surface area contributed by atoms with Crippen molar-refractivity contribution in [1.29, 1.82) is 0 Å². The second-order valence-corrected chi connectivity index (χ2v) is 6.29. The first-order valence-corrected chi connectivity index (χ1v) is 7.95. The van der Waals surface area contributed by atoms with Gasteiger partial charge in [0, 0.05) is 5.41 Å². The van der Waals surface area contributed by atoms with Crippen molar-refractivity contribution in [2.75, 3.05) is 0 Å². The Bertz CT molecular complexity index is 431. The van der Waals surface area contributed by atoms with Crippen molar-refractivity contribution in [2.24, 2.45) is 17.3 Å². The maximum Gasteiger partial charge on any atom is 0.142 e. The van der Waals surface area contributed by atoms with Crippen molar-refractivity contribution in [3.05, 3.63) is 36.0 Å². The lowest BCUT2D eigenvalue weighted by Gasteiger charge is -2.42. The van der Waals surface area contributed by atoms with Crippen molar-refractivity contribution in [3.63, 3.8) is 0 Å². The van der Waals surface area contributed by atoms with Crippen LogP contribution in [0.25, 0.3) is 0 Å². The molecular weight excluding hydrogens is 260 g/mol. The molecule has 0 amide bonds. The predicted molar refractivity (Wildman–Crippen MR) is 88.0 cm³/mol. The van der Waals surface area contributed by atoms with Crippen LogP contribution in [-0.4, -0.2) is 12.6 Å². The molecule has 0 spiro atoms. The van der Waals surface area contributed by atoms with Crippen LogP contribution in [0, 0.1) is 17.3 Å². The van der Waals surface area contributed by atoms with Crippen molar-refractivity contribution < 1.29 is 9.59 Å². The monoisotopic (exact) mass is 288 g/mol. The maximum atomic E-state index is 11.8. The zero-order chi connectivity index (χ0) is 15.7. The summed E-state index contributed by atoms with van der Waals surface area (Å²) in [5.41, 5.74) is 1.20. The van der Waals surface area contributed by atoms with Gasteiger partial charge in [-0.05, 0) is 56.9 Å². The third-order valence-corrected chi connectivity index (χ3v) is 4.77. The van der Waals surface area contributed by atoms with Gasteiger partial charge in [-0.25, -0.2) is 0 Å². The van der Waals surface area contributed by atoms with E-state index in [2.05, 4.69) is 39.0 Å². The van der Waals surface area contributed by atoms with Crippen LogP contribution in [-0.2, 0) is 9.59 Å². The Balaban J connectivity index is 2.51. The summed E-state index contributed by atoms with van der Waals surface area (Å²) in [6, 6.07) is 0. The third-order valence-electron chi connectivity index (χ3n) is 4.77. The summed E-state index contributed by atoms with van der Waals surface area (Å²) in [5, 5.41) is 0. The Hall–Kier alpha value is -1.44. The van der Waals surface area contributed by atoms with E-state index in [1.54, 1.807) is 0 Å². The Kier molecular flexibility index (Phi) is 7.35. The van der Waals surface area contributed by atoms with Crippen LogP contribution >= 0.6 is 0 Å². The fourth-order valence-electron chi connectivity index (χ4n) is 3.44. The van der Waals surface area contributed by atoms with Crippen molar-refractivity contribution in [2.45, 2.75) is 52.9 Å². The zero-order valence-corrected chi connectivity index (χ0v) is 13.5. The molecule has 0 radical (unpaired) electrons. The highest BCUT2D eigenvalue weighted by Gasteiger charge is 2.41. The molecule has 2 heteroatoms. The first-order valence-electron chi connectivity index (χ1n) is 7.95. The zero-order valence-electron chi connectivity index (χ0n) is 13.5. The molecule has 0 aromatic rings. The number of rotatable bonds is 8. The van der Waals surface area contributed by atoms with Gasteiger partial charge in [0.15, 0.2) is 0 Å². The third kappa shape index (κ3) is 4.80. The Morgan fingerprint density at radius 1 is 1.14 bits per heavy atom. The first kappa shape index (κ1) is 17.6. The van der Waals surface area contributed by atoms with Gasteiger partial charge in [-0.15, -0.1) is 0 Å². The van der Waals surface area contributed by atoms with Gasteiger partial charge in [0.1, 0.15) is 12.6 Å². The molecular formula is C19H28O2. The van der Waals surface area contributed by atoms with Crippen molar-refractivity contribution >= 4 is 12.6 Å². The van der Waals surface area contributed by atoms with E-state index in [1.165, 1.54) is 17.9 Å². The Morgan fingerprint density at radius 3 is 2.43 bits per heavy atom. The highest BCUT2D eigenvalue weighted by Crippen LogP contribution is 2.46. The Morgan fingerprint density at radius 2 is 1.81 bits per heavy atom. The summed E-state index contributed by atoms with van der Waals surface area (Å²) in [7, 11) is 0. The molecule has 0 bridgehead atoms. The van der Waals surface area contributed by atoms with Gasteiger partial charge < -0.3 is 4.79 Å². The molecule has 0 aromatic heterocycles. The number of hydrogen-bond donors (Lipinski definition) is 0. The number of unbranched alkanes of at least 4 members (excludes halogenated alkanes) is 1. The van der Waals surface area contributed by atoms with Gasteiger partial charge in [0.05, 0.1) is 0 Å². The average Bonchev–Trinajstić information content (AvgIpc) is 2.44. The maximum absolute atomic E-state index is 11.8.